The SMILES string of the molecule is O=c1[nH]c2cc(Cl)c(Cl)cc2cc1S(=O)(=O)O. The van der Waals surface area contributed by atoms with Crippen molar-refractivity contribution >= 4 is 44.2 Å². The van der Waals surface area contributed by atoms with Crippen molar-refractivity contribution in [3.63, 3.8) is 0 Å². The van der Waals surface area contributed by atoms with Crippen LogP contribution in [0.5, 0.6) is 0 Å². The first kappa shape index (κ1) is 12.4. The summed E-state index contributed by atoms with van der Waals surface area (Å²) in [6, 6.07) is 3.82. The molecule has 5 nitrogen and oxygen atoms in total. The normalized spacial score (nSPS) is 11.9. The Morgan fingerprint density at radius 1 is 1.12 bits per heavy atom. The van der Waals surface area contributed by atoms with E-state index in [4.69, 9.17) is 27.8 Å². The first-order chi connectivity index (χ1) is 7.79. The Labute approximate surface area is 106 Å². The number of hydrogen-bond acceptors (Lipinski definition) is 3. The molecule has 2 rings (SSSR count). The van der Waals surface area contributed by atoms with Crippen LogP contribution in [0.25, 0.3) is 10.9 Å². The number of fused-ring (bicyclic) bond motifs is 1. The molecule has 2 aromatic rings. The number of pyridine rings is 1. The molecule has 0 saturated heterocycles. The maximum absolute atomic E-state index is 11.4. The first-order valence-corrected chi connectivity index (χ1v) is 6.48. The van der Waals surface area contributed by atoms with Crippen molar-refractivity contribution in [1.29, 1.82) is 0 Å². The first-order valence-electron chi connectivity index (χ1n) is 4.28. The summed E-state index contributed by atoms with van der Waals surface area (Å²) in [5.41, 5.74) is -0.588. The van der Waals surface area contributed by atoms with Crippen LogP contribution in [0, 0.1) is 0 Å². The number of halogens is 2. The third-order valence-electron chi connectivity index (χ3n) is 2.13. The molecule has 2 N–H and O–H groups in total. The predicted octanol–water partition coefficient (Wildman–Crippen LogP) is 2.08. The van der Waals surface area contributed by atoms with E-state index < -0.39 is 20.6 Å². The number of rotatable bonds is 1. The molecule has 0 aliphatic heterocycles. The number of benzene rings is 1. The second-order valence-corrected chi connectivity index (χ2v) is 5.50. The number of hydrogen-bond donors (Lipinski definition) is 2. The fraction of sp³-hybridized carbons (Fsp3) is 0. The number of nitrogens with one attached hydrogen (secondary N) is 1. The molecule has 1 aromatic heterocycles. The van der Waals surface area contributed by atoms with E-state index in [2.05, 4.69) is 4.98 Å². The van der Waals surface area contributed by atoms with Gasteiger partial charge < -0.3 is 4.98 Å². The van der Waals surface area contributed by atoms with Crippen molar-refractivity contribution < 1.29 is 13.0 Å². The third-order valence-corrected chi connectivity index (χ3v) is 3.71. The molecule has 0 saturated carbocycles. The Hall–Kier alpha value is -1.08. The van der Waals surface area contributed by atoms with Crippen LogP contribution in [0.4, 0.5) is 0 Å². The quantitative estimate of drug-likeness (QED) is 0.788. The number of aromatic nitrogens is 1. The van der Waals surface area contributed by atoms with Gasteiger partial charge in [0.05, 0.1) is 10.0 Å². The summed E-state index contributed by atoms with van der Waals surface area (Å²) >= 11 is 11.5. The molecular formula is C9H5Cl2NO4S. The van der Waals surface area contributed by atoms with Gasteiger partial charge in [-0.15, -0.1) is 0 Å². The Balaban J connectivity index is 2.91. The van der Waals surface area contributed by atoms with E-state index in [9.17, 15) is 13.2 Å². The van der Waals surface area contributed by atoms with Crippen molar-refractivity contribution in [2.24, 2.45) is 0 Å². The summed E-state index contributed by atoms with van der Waals surface area (Å²) in [4.78, 5) is 13.0. The van der Waals surface area contributed by atoms with Crippen LogP contribution in [0.1, 0.15) is 0 Å². The van der Waals surface area contributed by atoms with Crippen molar-refractivity contribution in [2.45, 2.75) is 4.90 Å². The molecule has 17 heavy (non-hydrogen) atoms. The van der Waals surface area contributed by atoms with E-state index in [0.717, 1.165) is 6.07 Å². The molecule has 1 aromatic carbocycles. The van der Waals surface area contributed by atoms with E-state index in [1.165, 1.54) is 12.1 Å². The van der Waals surface area contributed by atoms with Crippen LogP contribution < -0.4 is 5.56 Å². The predicted molar refractivity (Wildman–Crippen MR) is 64.4 cm³/mol. The summed E-state index contributed by atoms with van der Waals surface area (Å²) in [6.45, 7) is 0. The maximum atomic E-state index is 11.4. The van der Waals surface area contributed by atoms with Gasteiger partial charge in [-0.2, -0.15) is 8.42 Å². The monoisotopic (exact) mass is 293 g/mol. The fourth-order valence-electron chi connectivity index (χ4n) is 1.37. The van der Waals surface area contributed by atoms with Gasteiger partial charge in [0.15, 0.2) is 4.90 Å². The van der Waals surface area contributed by atoms with Gasteiger partial charge in [0.2, 0.25) is 0 Å². The number of aromatic amines is 1. The molecule has 0 atom stereocenters. The molecule has 8 heteroatoms. The van der Waals surface area contributed by atoms with Gasteiger partial charge in [-0.05, 0) is 18.2 Å². The van der Waals surface area contributed by atoms with Crippen molar-refractivity contribution in [2.75, 3.05) is 0 Å². The molecule has 0 radical (unpaired) electrons. The molecule has 0 bridgehead atoms. The van der Waals surface area contributed by atoms with E-state index in [1.807, 2.05) is 0 Å². The fourth-order valence-corrected chi connectivity index (χ4v) is 2.27. The summed E-state index contributed by atoms with van der Waals surface area (Å²) in [5, 5.41) is 0.800. The molecular weight excluding hydrogens is 289 g/mol. The second kappa shape index (κ2) is 3.99. The van der Waals surface area contributed by atoms with Gasteiger partial charge in [-0.1, -0.05) is 23.2 Å². The highest BCUT2D eigenvalue weighted by Crippen LogP contribution is 2.26. The molecule has 0 aliphatic carbocycles. The molecule has 0 unspecified atom stereocenters. The highest BCUT2D eigenvalue weighted by molar-refractivity contribution is 7.85. The molecule has 0 aliphatic rings. The lowest BCUT2D eigenvalue weighted by Gasteiger charge is -2.02. The molecule has 0 fully saturated rings. The lowest BCUT2D eigenvalue weighted by Crippen LogP contribution is -2.16. The number of H-pyrrole nitrogens is 1. The van der Waals surface area contributed by atoms with Crippen LogP contribution in [0.15, 0.2) is 27.9 Å². The summed E-state index contributed by atoms with van der Waals surface area (Å²) in [7, 11) is -4.57. The van der Waals surface area contributed by atoms with Crippen LogP contribution in [-0.2, 0) is 10.1 Å². The van der Waals surface area contributed by atoms with Crippen LogP contribution in [0.2, 0.25) is 10.0 Å². The van der Waals surface area contributed by atoms with Gasteiger partial charge in [0.25, 0.3) is 15.7 Å². The van der Waals surface area contributed by atoms with Gasteiger partial charge >= 0.3 is 0 Å². The van der Waals surface area contributed by atoms with Crippen molar-refractivity contribution in [3.05, 3.63) is 38.6 Å². The standard InChI is InChI=1S/C9H5Cl2NO4S/c10-5-1-4-2-8(17(14,15)16)9(13)12-7(4)3-6(5)11/h1-3H,(H,12,13)(H,14,15,16). The lowest BCUT2D eigenvalue weighted by atomic mass is 10.2. The third kappa shape index (κ3) is 2.30. The zero-order valence-electron chi connectivity index (χ0n) is 8.07. The van der Waals surface area contributed by atoms with E-state index in [1.54, 1.807) is 0 Å². The molecule has 0 spiro atoms. The second-order valence-electron chi connectivity index (χ2n) is 3.29. The molecule has 1 heterocycles. The minimum absolute atomic E-state index is 0.215. The Kier molecular flexibility index (Phi) is 2.90. The average molecular weight is 294 g/mol. The highest BCUT2D eigenvalue weighted by atomic mass is 35.5. The summed E-state index contributed by atoms with van der Waals surface area (Å²) in [5.74, 6) is 0. The van der Waals surface area contributed by atoms with Crippen molar-refractivity contribution in [1.82, 2.24) is 4.98 Å². The minimum Gasteiger partial charge on any atom is -0.321 e. The van der Waals surface area contributed by atoms with E-state index in [-0.39, 0.29) is 10.0 Å². The summed E-state index contributed by atoms with van der Waals surface area (Å²) < 4.78 is 30.7. The van der Waals surface area contributed by atoms with E-state index in [0.29, 0.717) is 10.9 Å². The van der Waals surface area contributed by atoms with Gasteiger partial charge in [0.1, 0.15) is 0 Å². The molecule has 90 valence electrons. The van der Waals surface area contributed by atoms with Crippen molar-refractivity contribution in [3.8, 4) is 0 Å². The van der Waals surface area contributed by atoms with Crippen LogP contribution >= 0.6 is 23.2 Å². The Morgan fingerprint density at radius 3 is 2.29 bits per heavy atom. The van der Waals surface area contributed by atoms with E-state index >= 15 is 0 Å². The largest absolute Gasteiger partial charge is 0.321 e. The topological polar surface area (TPSA) is 87.2 Å². The smallest absolute Gasteiger partial charge is 0.300 e. The van der Waals surface area contributed by atoms with Gasteiger partial charge in [0, 0.05) is 10.9 Å². The maximum Gasteiger partial charge on any atom is 0.300 e. The summed E-state index contributed by atoms with van der Waals surface area (Å²) in [6.07, 6.45) is 0. The Bertz CT molecular complexity index is 766. The minimum atomic E-state index is -4.57. The highest BCUT2D eigenvalue weighted by Gasteiger charge is 2.16. The van der Waals surface area contributed by atoms with Crippen LogP contribution in [0.3, 0.4) is 0 Å². The zero-order chi connectivity index (χ0) is 12.8. The van der Waals surface area contributed by atoms with Crippen LogP contribution in [-0.4, -0.2) is 18.0 Å². The van der Waals surface area contributed by atoms with Gasteiger partial charge in [-0.3, -0.25) is 9.35 Å². The average Bonchev–Trinajstić information content (AvgIpc) is 2.18. The van der Waals surface area contributed by atoms with Gasteiger partial charge in [-0.25, -0.2) is 0 Å². The zero-order valence-corrected chi connectivity index (χ0v) is 10.4. The lowest BCUT2D eigenvalue weighted by molar-refractivity contribution is 0.482. The Morgan fingerprint density at radius 2 is 1.71 bits per heavy atom. The molecule has 0 amide bonds.